The summed E-state index contributed by atoms with van der Waals surface area (Å²) in [6, 6.07) is 27.3. The average molecular weight is 384 g/mol. The lowest BCUT2D eigenvalue weighted by Crippen LogP contribution is -2.33. The number of nitrogens with two attached hydrogens (primary N) is 1. The fraction of sp³-hybridized carbons (Fsp3) is 0.0435. The molecule has 0 saturated heterocycles. The van der Waals surface area contributed by atoms with Gasteiger partial charge in [-0.3, -0.25) is 9.79 Å². The summed E-state index contributed by atoms with van der Waals surface area (Å²) in [5, 5.41) is 5.39. The number of carbonyl (C=O) groups excluding carboxylic acids is 1. The number of carbonyl (C=O) groups is 1. The fourth-order valence-corrected chi connectivity index (χ4v) is 2.96. The Morgan fingerprint density at radius 2 is 1.41 bits per heavy atom. The molecule has 144 valence electrons. The van der Waals surface area contributed by atoms with Gasteiger partial charge in [-0.2, -0.15) is 0 Å². The normalized spacial score (nSPS) is 15.3. The highest BCUT2D eigenvalue weighted by Crippen LogP contribution is 2.23. The van der Waals surface area contributed by atoms with Crippen LogP contribution in [-0.4, -0.2) is 22.9 Å². The molecule has 6 heteroatoms. The zero-order valence-electron chi connectivity index (χ0n) is 15.6. The summed E-state index contributed by atoms with van der Waals surface area (Å²) in [5.74, 6) is 0.610. The number of nitrogens with zero attached hydrogens (tertiary/aromatic N) is 1. The number of fused-ring (bicyclic) bond motifs is 1. The first-order valence-corrected chi connectivity index (χ1v) is 9.19. The first kappa shape index (κ1) is 18.5. The Morgan fingerprint density at radius 3 is 2.03 bits per heavy atom. The van der Waals surface area contributed by atoms with E-state index in [9.17, 15) is 4.79 Å². The minimum Gasteiger partial charge on any atom is -0.380 e. The van der Waals surface area contributed by atoms with E-state index in [1.165, 1.54) is 0 Å². The topological polar surface area (TPSA) is 96.4 Å². The summed E-state index contributed by atoms with van der Waals surface area (Å²) in [6.45, 7) is 0. The third-order valence-electron chi connectivity index (χ3n) is 4.44. The number of benzene rings is 3. The minimum atomic E-state index is -0.886. The number of rotatable bonds is 2. The van der Waals surface area contributed by atoms with Crippen LogP contribution in [0.4, 0.5) is 5.69 Å². The van der Waals surface area contributed by atoms with E-state index in [2.05, 4.69) is 15.5 Å². The van der Waals surface area contributed by atoms with Crippen molar-refractivity contribution < 1.29 is 9.32 Å². The second kappa shape index (κ2) is 8.41. The molecule has 1 atom stereocenters. The van der Waals surface area contributed by atoms with Crippen molar-refractivity contribution in [2.45, 2.75) is 6.17 Å². The number of aliphatic imine (C=N–C) groups is 1. The van der Waals surface area contributed by atoms with Gasteiger partial charge in [-0.15, -0.1) is 0 Å². The number of hydrogen-bond donors (Lipinski definition) is 3. The van der Waals surface area contributed by atoms with Crippen LogP contribution in [0.3, 0.4) is 0 Å². The van der Waals surface area contributed by atoms with Gasteiger partial charge < -0.3 is 15.6 Å². The molecule has 0 saturated carbocycles. The summed E-state index contributed by atoms with van der Waals surface area (Å²) in [5.41, 5.74) is 10.2. The van der Waals surface area contributed by atoms with Gasteiger partial charge in [-0.1, -0.05) is 78.9 Å². The van der Waals surface area contributed by atoms with Gasteiger partial charge in [0.15, 0.2) is 11.9 Å². The van der Waals surface area contributed by atoms with Gasteiger partial charge in [0.05, 0.1) is 17.6 Å². The standard InChI is InChI=1S/C15H13N3O.C8H7NO/c16-14-15(19)17-12-9-5-4-8-11(12)13(18-14)10-6-2-1-3-7-10;1-2-4-7(5-3-1)8-6-9-10-8/h1-9,14H,16H2,(H,17,19);1-6,9H. The van der Waals surface area contributed by atoms with Crippen molar-refractivity contribution in [3.05, 3.63) is 102 Å². The molecule has 3 aromatic carbocycles. The maximum absolute atomic E-state index is 11.8. The van der Waals surface area contributed by atoms with E-state index in [4.69, 9.17) is 10.3 Å². The third kappa shape index (κ3) is 4.17. The Labute approximate surface area is 168 Å². The predicted octanol–water partition coefficient (Wildman–Crippen LogP) is 4.04. The maximum atomic E-state index is 11.8. The molecule has 1 amide bonds. The lowest BCUT2D eigenvalue weighted by molar-refractivity contribution is -0.117. The molecule has 0 spiro atoms. The van der Waals surface area contributed by atoms with Gasteiger partial charge >= 0.3 is 0 Å². The van der Waals surface area contributed by atoms with Gasteiger partial charge in [0, 0.05) is 16.7 Å². The number of aromatic amines is 1. The van der Waals surface area contributed by atoms with Crippen molar-refractivity contribution in [3.8, 4) is 11.3 Å². The second-order valence-corrected chi connectivity index (χ2v) is 6.42. The molecule has 1 aliphatic rings. The SMILES string of the molecule is NC1N=C(c2ccccc2)c2ccccc2NC1=O.c1ccc(-c2c[nH]o2)cc1. The summed E-state index contributed by atoms with van der Waals surface area (Å²) in [6.07, 6.45) is 0.942. The van der Waals surface area contributed by atoms with E-state index in [1.807, 2.05) is 91.1 Å². The number of amides is 1. The minimum absolute atomic E-state index is 0.293. The Morgan fingerprint density at radius 1 is 0.828 bits per heavy atom. The van der Waals surface area contributed by atoms with Crippen LogP contribution >= 0.6 is 0 Å². The van der Waals surface area contributed by atoms with Crippen molar-refractivity contribution in [1.29, 1.82) is 0 Å². The first-order valence-electron chi connectivity index (χ1n) is 9.19. The highest BCUT2D eigenvalue weighted by Gasteiger charge is 2.22. The first-order chi connectivity index (χ1) is 14.2. The predicted molar refractivity (Wildman–Crippen MR) is 114 cm³/mol. The zero-order valence-corrected chi connectivity index (χ0v) is 15.6. The van der Waals surface area contributed by atoms with E-state index >= 15 is 0 Å². The smallest absolute Gasteiger partial charge is 0.263 e. The van der Waals surface area contributed by atoms with Gasteiger partial charge in [0.25, 0.3) is 5.91 Å². The third-order valence-corrected chi connectivity index (χ3v) is 4.44. The number of benzodiazepines with no additional fused rings is 1. The van der Waals surface area contributed by atoms with Crippen LogP contribution in [0.2, 0.25) is 0 Å². The molecule has 4 N–H and O–H groups in total. The molecule has 0 bridgehead atoms. The van der Waals surface area contributed by atoms with E-state index in [-0.39, 0.29) is 5.91 Å². The number of hydrogen-bond acceptors (Lipinski definition) is 4. The van der Waals surface area contributed by atoms with Crippen molar-refractivity contribution in [2.24, 2.45) is 10.7 Å². The molecule has 0 aliphatic carbocycles. The molecule has 5 rings (SSSR count). The van der Waals surface area contributed by atoms with Crippen LogP contribution in [0.1, 0.15) is 11.1 Å². The van der Waals surface area contributed by atoms with E-state index in [0.29, 0.717) is 0 Å². The summed E-state index contributed by atoms with van der Waals surface area (Å²) < 4.78 is 4.93. The molecule has 0 fully saturated rings. The summed E-state index contributed by atoms with van der Waals surface area (Å²) >= 11 is 0. The molecule has 6 nitrogen and oxygen atoms in total. The monoisotopic (exact) mass is 384 g/mol. The van der Waals surface area contributed by atoms with Crippen LogP contribution < -0.4 is 11.1 Å². The maximum Gasteiger partial charge on any atom is 0.263 e. The summed E-state index contributed by atoms with van der Waals surface area (Å²) in [7, 11) is 0. The number of H-pyrrole nitrogens is 1. The molecule has 4 aromatic rings. The fourth-order valence-electron chi connectivity index (χ4n) is 2.96. The average Bonchev–Trinajstić information content (AvgIpc) is 2.85. The second-order valence-electron chi connectivity index (χ2n) is 6.42. The van der Waals surface area contributed by atoms with Crippen LogP contribution in [0.5, 0.6) is 0 Å². The van der Waals surface area contributed by atoms with E-state index < -0.39 is 6.17 Å². The van der Waals surface area contributed by atoms with Gasteiger partial charge in [0.2, 0.25) is 0 Å². The largest absolute Gasteiger partial charge is 0.380 e. The van der Waals surface area contributed by atoms with Gasteiger partial charge in [-0.05, 0) is 6.07 Å². The van der Waals surface area contributed by atoms with E-state index in [0.717, 1.165) is 33.8 Å². The van der Waals surface area contributed by atoms with Crippen molar-refractivity contribution in [1.82, 2.24) is 5.16 Å². The molecule has 1 unspecified atom stereocenters. The zero-order chi connectivity index (χ0) is 20.1. The molecular weight excluding hydrogens is 364 g/mol. The van der Waals surface area contributed by atoms with Crippen LogP contribution in [-0.2, 0) is 4.79 Å². The van der Waals surface area contributed by atoms with Gasteiger partial charge in [0.1, 0.15) is 0 Å². The highest BCUT2D eigenvalue weighted by molar-refractivity contribution is 6.19. The quantitative estimate of drug-likeness (QED) is 0.487. The lowest BCUT2D eigenvalue weighted by atomic mass is 10.0. The Bertz CT molecular complexity index is 1100. The molecule has 1 aromatic heterocycles. The van der Waals surface area contributed by atoms with Crippen molar-refractivity contribution in [3.63, 3.8) is 0 Å². The van der Waals surface area contributed by atoms with Crippen LogP contribution in [0.25, 0.3) is 11.3 Å². The van der Waals surface area contributed by atoms with Crippen LogP contribution in [0, 0.1) is 0 Å². The lowest BCUT2D eigenvalue weighted by Gasteiger charge is -2.09. The molecule has 1 aliphatic heterocycles. The van der Waals surface area contributed by atoms with Crippen LogP contribution in [0.15, 0.2) is 101 Å². The number of aromatic nitrogens is 1. The van der Waals surface area contributed by atoms with Gasteiger partial charge in [-0.25, -0.2) is 5.16 Å². The van der Waals surface area contributed by atoms with Crippen molar-refractivity contribution >= 4 is 17.3 Å². The Hall–Kier alpha value is -3.90. The number of nitrogens with one attached hydrogen (secondary N) is 2. The Balaban J connectivity index is 0.000000171. The highest BCUT2D eigenvalue weighted by atomic mass is 16.5. The van der Waals surface area contributed by atoms with Crippen molar-refractivity contribution in [2.75, 3.05) is 5.32 Å². The number of para-hydroxylation sites is 1. The Kier molecular flexibility index (Phi) is 5.36. The molecule has 29 heavy (non-hydrogen) atoms. The van der Waals surface area contributed by atoms with E-state index in [1.54, 1.807) is 0 Å². The molecule has 2 heterocycles. The number of anilines is 1. The molecular formula is C23H20N4O2. The summed E-state index contributed by atoms with van der Waals surface area (Å²) in [4.78, 5) is 16.2. The molecule has 0 radical (unpaired) electrons.